The summed E-state index contributed by atoms with van der Waals surface area (Å²) in [6.45, 7) is 0. The molecule has 0 aromatic rings. The molecular formula is CH2KNNiO. The Morgan fingerprint density at radius 3 is 1.60 bits per heavy atom. The third-order valence-electron chi connectivity index (χ3n) is 0. The molecule has 0 spiro atoms. The van der Waals surface area contributed by atoms with Crippen LogP contribution in [0.4, 0.5) is 0 Å². The van der Waals surface area contributed by atoms with Gasteiger partial charge in [-0.1, -0.05) is 0 Å². The Balaban J connectivity index is -0.0000000200. The van der Waals surface area contributed by atoms with E-state index in [1.165, 1.54) is 0 Å². The Morgan fingerprint density at radius 2 is 1.60 bits per heavy atom. The minimum atomic E-state index is 0. The van der Waals surface area contributed by atoms with Gasteiger partial charge in [0.25, 0.3) is 6.26 Å². The smallest absolute Gasteiger partial charge is 0 e. The molecule has 0 aromatic carbocycles. The molecule has 0 saturated heterocycles. The second kappa shape index (κ2) is 18.1. The standard InChI is InChI=1S/CHNO.K.Ni.H/c2-1-3;;;/h3H;;;. The van der Waals surface area contributed by atoms with Gasteiger partial charge < -0.3 is 5.11 Å². The number of rotatable bonds is 0. The van der Waals surface area contributed by atoms with E-state index in [9.17, 15) is 0 Å². The van der Waals surface area contributed by atoms with Gasteiger partial charge in [0.15, 0.2) is 0 Å². The van der Waals surface area contributed by atoms with E-state index < -0.39 is 0 Å². The second-order valence-corrected chi connectivity index (χ2v) is 0.100. The Morgan fingerprint density at radius 1 is 1.60 bits per heavy atom. The topological polar surface area (TPSA) is 44.0 Å². The summed E-state index contributed by atoms with van der Waals surface area (Å²) in [4.78, 5) is 0. The average molecular weight is 142 g/mol. The second-order valence-electron chi connectivity index (χ2n) is 0.100. The molecule has 0 fully saturated rings. The first kappa shape index (κ1) is 16.1. The molecule has 0 radical (unpaired) electrons. The fourth-order valence-corrected chi connectivity index (χ4v) is 0. The summed E-state index contributed by atoms with van der Waals surface area (Å²) in [7, 11) is 0. The number of hydrogen-bond donors (Lipinski definition) is 1. The maximum Gasteiger partial charge on any atom is 0 e. The van der Waals surface area contributed by atoms with Gasteiger partial charge in [-0.25, -0.2) is 0 Å². The summed E-state index contributed by atoms with van der Waals surface area (Å²) in [5, 5.41) is 13.8. The summed E-state index contributed by atoms with van der Waals surface area (Å²) < 4.78 is 0. The van der Waals surface area contributed by atoms with Gasteiger partial charge in [0.2, 0.25) is 0 Å². The monoisotopic (exact) mass is 141 g/mol. The van der Waals surface area contributed by atoms with Crippen molar-refractivity contribution in [1.29, 1.82) is 5.26 Å². The van der Waals surface area contributed by atoms with Crippen molar-refractivity contribution < 1.29 is 21.6 Å². The van der Waals surface area contributed by atoms with Crippen molar-refractivity contribution in [3.8, 4) is 6.26 Å². The van der Waals surface area contributed by atoms with Crippen molar-refractivity contribution in [2.24, 2.45) is 0 Å². The molecule has 0 saturated carbocycles. The molecule has 0 aliphatic heterocycles. The Hall–Kier alpha value is 1.42. The van der Waals surface area contributed by atoms with Crippen LogP contribution < -0.4 is 0 Å². The van der Waals surface area contributed by atoms with Crippen molar-refractivity contribution in [1.82, 2.24) is 0 Å². The van der Waals surface area contributed by atoms with Crippen LogP contribution in [0.1, 0.15) is 0 Å². The molecule has 0 rings (SSSR count). The molecule has 0 atom stereocenters. The fourth-order valence-electron chi connectivity index (χ4n) is 0. The van der Waals surface area contributed by atoms with E-state index in [0.717, 1.165) is 6.26 Å². The zero-order chi connectivity index (χ0) is 2.71. The normalized spacial score (nSPS) is 1.40. The summed E-state index contributed by atoms with van der Waals surface area (Å²) in [6.07, 6.45) is 0.750. The van der Waals surface area contributed by atoms with Gasteiger partial charge in [0.1, 0.15) is 0 Å². The number of nitrogens with zero attached hydrogens (tertiary/aromatic N) is 1. The van der Waals surface area contributed by atoms with Crippen molar-refractivity contribution >= 4 is 51.4 Å². The molecule has 1 N–H and O–H groups in total. The van der Waals surface area contributed by atoms with E-state index in [1.54, 1.807) is 0 Å². The SMILES string of the molecule is N#CO.[KH].[Ni]. The molecule has 2 nitrogen and oxygen atoms in total. The molecular weight excluding hydrogens is 140 g/mol. The Bertz CT molecular complexity index is 33.1. The van der Waals surface area contributed by atoms with Gasteiger partial charge in [0, 0.05) is 16.5 Å². The quantitative estimate of drug-likeness (QED) is 0.355. The maximum absolute atomic E-state index is 6.88. The van der Waals surface area contributed by atoms with Gasteiger partial charge in [-0.05, 0) is 0 Å². The van der Waals surface area contributed by atoms with Crippen molar-refractivity contribution in [2.75, 3.05) is 0 Å². The van der Waals surface area contributed by atoms with E-state index in [0.29, 0.717) is 0 Å². The van der Waals surface area contributed by atoms with Gasteiger partial charge >= 0.3 is 51.4 Å². The van der Waals surface area contributed by atoms with Crippen LogP contribution in [0.15, 0.2) is 0 Å². The molecule has 28 valence electrons. The molecule has 0 aromatic heterocycles. The zero-order valence-corrected chi connectivity index (χ0v) is 2.70. The predicted octanol–water partition coefficient (Wildman–Crippen LogP) is -0.811. The first-order chi connectivity index (χ1) is 1.41. The van der Waals surface area contributed by atoms with E-state index >= 15 is 0 Å². The van der Waals surface area contributed by atoms with Crippen LogP contribution >= 0.6 is 0 Å². The molecule has 0 unspecified atom stereocenters. The van der Waals surface area contributed by atoms with Crippen molar-refractivity contribution in [3.05, 3.63) is 0 Å². The number of aliphatic hydroxyl groups excluding tert-OH is 1. The van der Waals surface area contributed by atoms with E-state index in [1.807, 2.05) is 0 Å². The van der Waals surface area contributed by atoms with Crippen LogP contribution in [-0.4, -0.2) is 56.5 Å². The van der Waals surface area contributed by atoms with E-state index in [4.69, 9.17) is 10.4 Å². The van der Waals surface area contributed by atoms with Gasteiger partial charge in [0.05, 0.1) is 0 Å². The molecule has 4 heteroatoms. The van der Waals surface area contributed by atoms with Crippen LogP contribution in [0.25, 0.3) is 0 Å². The number of aliphatic hydroxyl groups is 1. The van der Waals surface area contributed by atoms with Crippen LogP contribution in [0, 0.1) is 11.5 Å². The molecule has 0 amide bonds. The largest absolute Gasteiger partial charge is 0 e. The van der Waals surface area contributed by atoms with E-state index in [2.05, 4.69) is 0 Å². The minimum Gasteiger partial charge on any atom is 0 e. The summed E-state index contributed by atoms with van der Waals surface area (Å²) in [5.74, 6) is 0. The molecule has 0 bridgehead atoms. The van der Waals surface area contributed by atoms with Crippen molar-refractivity contribution in [2.45, 2.75) is 0 Å². The van der Waals surface area contributed by atoms with Crippen LogP contribution in [-0.2, 0) is 16.5 Å². The first-order valence-corrected chi connectivity index (χ1v) is 0.447. The summed E-state index contributed by atoms with van der Waals surface area (Å²) in [5.41, 5.74) is 0. The maximum atomic E-state index is 6.88. The van der Waals surface area contributed by atoms with Crippen LogP contribution in [0.5, 0.6) is 0 Å². The molecule has 0 heterocycles. The third kappa shape index (κ3) is 31.4. The molecule has 0 aliphatic carbocycles. The zero-order valence-electron chi connectivity index (χ0n) is 1.71. The van der Waals surface area contributed by atoms with Crippen molar-refractivity contribution in [3.63, 3.8) is 0 Å². The minimum absolute atomic E-state index is 0. The summed E-state index contributed by atoms with van der Waals surface area (Å²) >= 11 is 0. The van der Waals surface area contributed by atoms with E-state index in [-0.39, 0.29) is 67.9 Å². The first-order valence-electron chi connectivity index (χ1n) is 0.447. The van der Waals surface area contributed by atoms with Crippen LogP contribution in [0.3, 0.4) is 0 Å². The predicted molar refractivity (Wildman–Crippen MR) is 14.7 cm³/mol. The van der Waals surface area contributed by atoms with Gasteiger partial charge in [-0.2, -0.15) is 5.26 Å². The number of hydrogen-bond acceptors (Lipinski definition) is 2. The van der Waals surface area contributed by atoms with Gasteiger partial charge in [-0.15, -0.1) is 0 Å². The average Bonchev–Trinajstić information content (AvgIpc) is 0.918. The number of nitriles is 1. The Labute approximate surface area is 82.9 Å². The molecule has 0 aliphatic rings. The third-order valence-corrected chi connectivity index (χ3v) is 0. The van der Waals surface area contributed by atoms with Crippen LogP contribution in [0.2, 0.25) is 0 Å². The Kier molecular flexibility index (Phi) is 58.3. The summed E-state index contributed by atoms with van der Waals surface area (Å²) in [6, 6.07) is 0. The molecule has 5 heavy (non-hydrogen) atoms. The van der Waals surface area contributed by atoms with Gasteiger partial charge in [-0.3, -0.25) is 0 Å². The fraction of sp³-hybridized carbons (Fsp3) is 0.